The van der Waals surface area contributed by atoms with Crippen molar-refractivity contribution in [2.24, 2.45) is 17.8 Å². The fourth-order valence-corrected chi connectivity index (χ4v) is 4.69. The summed E-state index contributed by atoms with van der Waals surface area (Å²) in [5.41, 5.74) is 0. The van der Waals surface area contributed by atoms with Crippen LogP contribution in [0.3, 0.4) is 0 Å². The summed E-state index contributed by atoms with van der Waals surface area (Å²) in [5, 5.41) is 0. The summed E-state index contributed by atoms with van der Waals surface area (Å²) in [6.07, 6.45) is 8.05. The smallest absolute Gasteiger partial charge is 0.369 e. The number of ether oxygens (including phenoxy) is 1. The van der Waals surface area contributed by atoms with E-state index in [4.69, 9.17) is 4.74 Å². The van der Waals surface area contributed by atoms with E-state index in [1.165, 1.54) is 57.8 Å². The molecule has 4 heteroatoms. The Labute approximate surface area is 139 Å². The number of halogens is 3. The summed E-state index contributed by atoms with van der Waals surface area (Å²) in [4.78, 5) is 0. The lowest BCUT2D eigenvalue weighted by atomic mass is 9.70. The van der Waals surface area contributed by atoms with E-state index in [0.29, 0.717) is 12.3 Å². The molecular weight excluding hydrogens is 301 g/mol. The molecule has 0 saturated heterocycles. The molecule has 0 spiro atoms. The molecule has 0 bridgehead atoms. The fourth-order valence-electron chi connectivity index (χ4n) is 4.69. The topological polar surface area (TPSA) is 9.23 Å². The molecule has 2 rings (SSSR count). The Hall–Kier alpha value is -0.250. The summed E-state index contributed by atoms with van der Waals surface area (Å²) in [6, 6.07) is 0. The van der Waals surface area contributed by atoms with Crippen LogP contribution in [0.5, 0.6) is 0 Å². The second kappa shape index (κ2) is 9.29. The SMILES string of the molecule is CCOC(CCC[C@H]1CC[C@H](C2CCCCC2)CC1)C(F)(F)F. The van der Waals surface area contributed by atoms with Crippen LogP contribution in [0.2, 0.25) is 0 Å². The third-order valence-corrected chi connectivity index (χ3v) is 6.02. The van der Waals surface area contributed by atoms with Gasteiger partial charge in [0.25, 0.3) is 0 Å². The number of hydrogen-bond donors (Lipinski definition) is 0. The lowest BCUT2D eigenvalue weighted by Crippen LogP contribution is -2.32. The molecule has 0 amide bonds. The standard InChI is InChI=1S/C19H33F3O/c1-2-23-18(19(20,21)22)10-6-7-15-11-13-17(14-12-15)16-8-4-3-5-9-16/h15-18H,2-14H2,1H3/t15-,17-,18?. The van der Waals surface area contributed by atoms with Crippen molar-refractivity contribution in [2.45, 2.75) is 96.3 Å². The van der Waals surface area contributed by atoms with Gasteiger partial charge in [-0.05, 0) is 43.9 Å². The monoisotopic (exact) mass is 334 g/mol. The van der Waals surface area contributed by atoms with Gasteiger partial charge in [-0.1, -0.05) is 57.8 Å². The summed E-state index contributed by atoms with van der Waals surface area (Å²) >= 11 is 0. The minimum atomic E-state index is -4.21. The lowest BCUT2D eigenvalue weighted by Gasteiger charge is -2.36. The van der Waals surface area contributed by atoms with Crippen LogP contribution in [-0.2, 0) is 4.74 Å². The highest BCUT2D eigenvalue weighted by atomic mass is 19.4. The van der Waals surface area contributed by atoms with Gasteiger partial charge in [0.1, 0.15) is 0 Å². The van der Waals surface area contributed by atoms with E-state index in [0.717, 1.165) is 18.3 Å². The molecule has 0 aromatic rings. The maximum atomic E-state index is 12.8. The van der Waals surface area contributed by atoms with Gasteiger partial charge in [-0.25, -0.2) is 0 Å². The Kier molecular flexibility index (Phi) is 7.71. The molecule has 2 aliphatic rings. The fraction of sp³-hybridized carbons (Fsp3) is 1.00. The summed E-state index contributed by atoms with van der Waals surface area (Å²) < 4.78 is 43.3. The first-order valence-corrected chi connectivity index (χ1v) is 9.69. The van der Waals surface area contributed by atoms with Crippen molar-refractivity contribution in [1.29, 1.82) is 0 Å². The third kappa shape index (κ3) is 6.28. The molecule has 1 unspecified atom stereocenters. The van der Waals surface area contributed by atoms with Gasteiger partial charge in [0.15, 0.2) is 6.10 Å². The van der Waals surface area contributed by atoms with Gasteiger partial charge in [-0.2, -0.15) is 13.2 Å². The normalized spacial score (nSPS) is 28.7. The Morgan fingerprint density at radius 3 is 2.09 bits per heavy atom. The van der Waals surface area contributed by atoms with E-state index in [-0.39, 0.29) is 13.0 Å². The zero-order chi connectivity index (χ0) is 16.7. The maximum Gasteiger partial charge on any atom is 0.414 e. The van der Waals surface area contributed by atoms with Crippen molar-refractivity contribution in [2.75, 3.05) is 6.61 Å². The number of rotatable bonds is 7. The van der Waals surface area contributed by atoms with Crippen LogP contribution < -0.4 is 0 Å². The van der Waals surface area contributed by atoms with Crippen LogP contribution >= 0.6 is 0 Å². The zero-order valence-electron chi connectivity index (χ0n) is 14.5. The summed E-state index contributed by atoms with van der Waals surface area (Å²) in [7, 11) is 0. The average Bonchev–Trinajstić information content (AvgIpc) is 2.54. The Bertz CT molecular complexity index is 315. The van der Waals surface area contributed by atoms with Crippen molar-refractivity contribution in [1.82, 2.24) is 0 Å². The highest BCUT2D eigenvalue weighted by Gasteiger charge is 2.40. The van der Waals surface area contributed by atoms with E-state index in [9.17, 15) is 13.2 Å². The van der Waals surface area contributed by atoms with Gasteiger partial charge in [-0.15, -0.1) is 0 Å². The molecule has 136 valence electrons. The molecule has 0 N–H and O–H groups in total. The van der Waals surface area contributed by atoms with E-state index in [2.05, 4.69) is 0 Å². The molecule has 1 nitrogen and oxygen atoms in total. The Balaban J connectivity index is 1.64. The van der Waals surface area contributed by atoms with Crippen LogP contribution in [-0.4, -0.2) is 18.9 Å². The first-order chi connectivity index (χ1) is 11.0. The zero-order valence-corrected chi connectivity index (χ0v) is 14.5. The van der Waals surface area contributed by atoms with Gasteiger partial charge in [-0.3, -0.25) is 0 Å². The van der Waals surface area contributed by atoms with E-state index in [1.54, 1.807) is 6.92 Å². The second-order valence-corrected chi connectivity index (χ2v) is 7.60. The first kappa shape index (κ1) is 19.1. The van der Waals surface area contributed by atoms with Crippen LogP contribution in [0.1, 0.15) is 84.0 Å². The molecule has 23 heavy (non-hydrogen) atoms. The predicted octanol–water partition coefficient (Wildman–Crippen LogP) is 6.51. The average molecular weight is 334 g/mol. The molecule has 2 aliphatic carbocycles. The molecular formula is C19H33F3O. The minimum Gasteiger partial charge on any atom is -0.369 e. The van der Waals surface area contributed by atoms with Crippen molar-refractivity contribution in [3.63, 3.8) is 0 Å². The molecule has 2 fully saturated rings. The second-order valence-electron chi connectivity index (χ2n) is 7.60. The number of alkyl halides is 3. The van der Waals surface area contributed by atoms with Crippen molar-refractivity contribution in [3.05, 3.63) is 0 Å². The highest BCUT2D eigenvalue weighted by molar-refractivity contribution is 4.80. The molecule has 0 aliphatic heterocycles. The van der Waals surface area contributed by atoms with Crippen LogP contribution in [0.15, 0.2) is 0 Å². The quantitative estimate of drug-likeness (QED) is 0.515. The van der Waals surface area contributed by atoms with E-state index >= 15 is 0 Å². The predicted molar refractivity (Wildman–Crippen MR) is 87.3 cm³/mol. The van der Waals surface area contributed by atoms with Gasteiger partial charge < -0.3 is 4.74 Å². The van der Waals surface area contributed by atoms with E-state index in [1.807, 2.05) is 0 Å². The number of hydrogen-bond acceptors (Lipinski definition) is 1. The van der Waals surface area contributed by atoms with Crippen molar-refractivity contribution >= 4 is 0 Å². The summed E-state index contributed by atoms with van der Waals surface area (Å²) in [6.45, 7) is 1.77. The van der Waals surface area contributed by atoms with Crippen LogP contribution in [0, 0.1) is 17.8 Å². The van der Waals surface area contributed by atoms with Crippen LogP contribution in [0.25, 0.3) is 0 Å². The highest BCUT2D eigenvalue weighted by Crippen LogP contribution is 2.41. The molecule has 0 heterocycles. The van der Waals surface area contributed by atoms with E-state index < -0.39 is 12.3 Å². The largest absolute Gasteiger partial charge is 0.414 e. The third-order valence-electron chi connectivity index (χ3n) is 6.02. The summed E-state index contributed by atoms with van der Waals surface area (Å²) in [5.74, 6) is 2.49. The van der Waals surface area contributed by atoms with Gasteiger partial charge in [0, 0.05) is 6.61 Å². The Morgan fingerprint density at radius 1 is 0.913 bits per heavy atom. The molecule has 0 aromatic heterocycles. The van der Waals surface area contributed by atoms with Gasteiger partial charge >= 0.3 is 6.18 Å². The van der Waals surface area contributed by atoms with Crippen LogP contribution in [0.4, 0.5) is 13.2 Å². The van der Waals surface area contributed by atoms with Crippen molar-refractivity contribution < 1.29 is 17.9 Å². The van der Waals surface area contributed by atoms with Gasteiger partial charge in [0.05, 0.1) is 0 Å². The minimum absolute atomic E-state index is 0.125. The molecule has 1 atom stereocenters. The first-order valence-electron chi connectivity index (χ1n) is 9.69. The Morgan fingerprint density at radius 2 is 1.52 bits per heavy atom. The van der Waals surface area contributed by atoms with Crippen molar-refractivity contribution in [3.8, 4) is 0 Å². The maximum absolute atomic E-state index is 12.8. The molecule has 2 saturated carbocycles. The molecule has 0 radical (unpaired) electrons. The molecule has 0 aromatic carbocycles. The van der Waals surface area contributed by atoms with Gasteiger partial charge in [0.2, 0.25) is 0 Å². The lowest BCUT2D eigenvalue weighted by molar-refractivity contribution is -0.221.